The van der Waals surface area contributed by atoms with E-state index < -0.39 is 0 Å². The van der Waals surface area contributed by atoms with E-state index in [9.17, 15) is 0 Å². The molecule has 1 aliphatic carbocycles. The normalized spacial score (nSPS) is 22.2. The first-order chi connectivity index (χ1) is 10.3. The van der Waals surface area contributed by atoms with Crippen LogP contribution in [-0.4, -0.2) is 33.6 Å². The maximum absolute atomic E-state index is 5.19. The summed E-state index contributed by atoms with van der Waals surface area (Å²) in [5.74, 6) is 0.862. The molecule has 0 spiro atoms. The zero-order chi connectivity index (χ0) is 14.7. The van der Waals surface area contributed by atoms with Gasteiger partial charge in [-0.25, -0.2) is 4.68 Å². The highest BCUT2D eigenvalue weighted by atomic mass is 32.2. The minimum atomic E-state index is 0.480. The number of ether oxygens (including phenoxy) is 1. The summed E-state index contributed by atoms with van der Waals surface area (Å²) in [6.45, 7) is 0. The lowest BCUT2D eigenvalue weighted by Crippen LogP contribution is -2.25. The van der Waals surface area contributed by atoms with Crippen molar-refractivity contribution in [2.75, 3.05) is 13.4 Å². The molecule has 0 bridgehead atoms. The van der Waals surface area contributed by atoms with Crippen molar-refractivity contribution in [3.8, 4) is 17.0 Å². The second-order valence-electron chi connectivity index (χ2n) is 5.44. The predicted octanol–water partition coefficient (Wildman–Crippen LogP) is 3.80. The second-order valence-corrected chi connectivity index (χ2v) is 6.52. The SMILES string of the molecule is COc1ccc(-c2cn(C3CCCCC3SC)nn2)cc1. The van der Waals surface area contributed by atoms with Crippen LogP contribution in [0.4, 0.5) is 0 Å². The lowest BCUT2D eigenvalue weighted by molar-refractivity contribution is 0.334. The van der Waals surface area contributed by atoms with Crippen molar-refractivity contribution in [2.45, 2.75) is 37.0 Å². The van der Waals surface area contributed by atoms with E-state index in [0.29, 0.717) is 11.3 Å². The zero-order valence-corrected chi connectivity index (χ0v) is 13.3. The average molecular weight is 303 g/mol. The molecule has 0 saturated heterocycles. The van der Waals surface area contributed by atoms with Gasteiger partial charge in [0.2, 0.25) is 0 Å². The van der Waals surface area contributed by atoms with Crippen molar-refractivity contribution in [3.63, 3.8) is 0 Å². The van der Waals surface area contributed by atoms with E-state index in [4.69, 9.17) is 4.74 Å². The molecule has 112 valence electrons. The molecule has 1 aromatic heterocycles. The number of hydrogen-bond acceptors (Lipinski definition) is 4. The summed E-state index contributed by atoms with van der Waals surface area (Å²) in [6.07, 6.45) is 9.40. The molecule has 0 N–H and O–H groups in total. The van der Waals surface area contributed by atoms with Crippen LogP contribution in [0.15, 0.2) is 30.5 Å². The van der Waals surface area contributed by atoms with Crippen LogP contribution < -0.4 is 4.74 Å². The van der Waals surface area contributed by atoms with Crippen LogP contribution in [0.3, 0.4) is 0 Å². The molecule has 0 amide bonds. The Labute approximate surface area is 129 Å². The summed E-state index contributed by atoms with van der Waals surface area (Å²) in [5, 5.41) is 9.38. The van der Waals surface area contributed by atoms with Crippen LogP contribution in [0, 0.1) is 0 Å². The minimum Gasteiger partial charge on any atom is -0.497 e. The van der Waals surface area contributed by atoms with Gasteiger partial charge in [-0.05, 0) is 43.4 Å². The number of benzene rings is 1. The molecule has 0 aliphatic heterocycles. The van der Waals surface area contributed by atoms with Gasteiger partial charge in [-0.2, -0.15) is 11.8 Å². The van der Waals surface area contributed by atoms with E-state index in [0.717, 1.165) is 17.0 Å². The fraction of sp³-hybridized carbons (Fsp3) is 0.500. The predicted molar refractivity (Wildman–Crippen MR) is 86.8 cm³/mol. The molecule has 1 heterocycles. The Hall–Kier alpha value is -1.49. The topological polar surface area (TPSA) is 39.9 Å². The number of methoxy groups -OCH3 is 1. The van der Waals surface area contributed by atoms with Crippen molar-refractivity contribution in [3.05, 3.63) is 30.5 Å². The third-order valence-corrected chi connectivity index (χ3v) is 5.36. The Morgan fingerprint density at radius 2 is 1.95 bits per heavy atom. The van der Waals surface area contributed by atoms with Gasteiger partial charge in [0.25, 0.3) is 0 Å². The molecule has 21 heavy (non-hydrogen) atoms. The second kappa shape index (κ2) is 6.52. The van der Waals surface area contributed by atoms with E-state index in [1.165, 1.54) is 25.7 Å². The number of thioether (sulfide) groups is 1. The first-order valence-electron chi connectivity index (χ1n) is 7.41. The number of hydrogen-bond donors (Lipinski definition) is 0. The molecule has 2 atom stereocenters. The summed E-state index contributed by atoms with van der Waals surface area (Å²) in [6, 6.07) is 8.45. The van der Waals surface area contributed by atoms with Crippen molar-refractivity contribution >= 4 is 11.8 Å². The number of rotatable bonds is 4. The highest BCUT2D eigenvalue weighted by Crippen LogP contribution is 2.35. The van der Waals surface area contributed by atoms with E-state index in [2.05, 4.69) is 27.4 Å². The summed E-state index contributed by atoms with van der Waals surface area (Å²) in [7, 11) is 1.68. The zero-order valence-electron chi connectivity index (χ0n) is 12.5. The molecule has 1 aliphatic rings. The lowest BCUT2D eigenvalue weighted by atomic mass is 9.95. The monoisotopic (exact) mass is 303 g/mol. The first kappa shape index (κ1) is 14.4. The van der Waals surface area contributed by atoms with Gasteiger partial charge in [0.05, 0.1) is 19.3 Å². The van der Waals surface area contributed by atoms with E-state index in [1.807, 2.05) is 36.0 Å². The third kappa shape index (κ3) is 3.07. The Morgan fingerprint density at radius 3 is 2.67 bits per heavy atom. The molecule has 1 saturated carbocycles. The van der Waals surface area contributed by atoms with Crippen LogP contribution >= 0.6 is 11.8 Å². The van der Waals surface area contributed by atoms with Gasteiger partial charge >= 0.3 is 0 Å². The summed E-state index contributed by atoms with van der Waals surface area (Å²) in [5.41, 5.74) is 2.02. The van der Waals surface area contributed by atoms with Gasteiger partial charge in [-0.3, -0.25) is 0 Å². The van der Waals surface area contributed by atoms with Crippen molar-refractivity contribution in [1.82, 2.24) is 15.0 Å². The summed E-state index contributed by atoms with van der Waals surface area (Å²) in [4.78, 5) is 0. The largest absolute Gasteiger partial charge is 0.497 e. The van der Waals surface area contributed by atoms with Crippen molar-refractivity contribution in [1.29, 1.82) is 0 Å². The lowest BCUT2D eigenvalue weighted by Gasteiger charge is -2.29. The summed E-state index contributed by atoms with van der Waals surface area (Å²) < 4.78 is 7.26. The molecular formula is C16H21N3OS. The Morgan fingerprint density at radius 1 is 1.19 bits per heavy atom. The maximum Gasteiger partial charge on any atom is 0.118 e. The smallest absolute Gasteiger partial charge is 0.118 e. The molecule has 5 heteroatoms. The van der Waals surface area contributed by atoms with Gasteiger partial charge in [0, 0.05) is 10.8 Å². The first-order valence-corrected chi connectivity index (χ1v) is 8.69. The fourth-order valence-corrected chi connectivity index (χ4v) is 3.97. The Balaban J connectivity index is 1.81. The van der Waals surface area contributed by atoms with Crippen LogP contribution in [0.25, 0.3) is 11.3 Å². The van der Waals surface area contributed by atoms with Gasteiger partial charge in [-0.15, -0.1) is 5.10 Å². The molecule has 1 fully saturated rings. The van der Waals surface area contributed by atoms with Crippen molar-refractivity contribution in [2.24, 2.45) is 0 Å². The Kier molecular flexibility index (Phi) is 4.48. The molecular weight excluding hydrogens is 282 g/mol. The molecule has 3 rings (SSSR count). The van der Waals surface area contributed by atoms with Crippen LogP contribution in [-0.2, 0) is 0 Å². The maximum atomic E-state index is 5.19. The van der Waals surface area contributed by atoms with E-state index >= 15 is 0 Å². The van der Waals surface area contributed by atoms with E-state index in [1.54, 1.807) is 7.11 Å². The fourth-order valence-electron chi connectivity index (χ4n) is 2.99. The standard InChI is InChI=1S/C16H21N3OS/c1-20-13-9-7-12(8-10-13)14-11-19(18-17-14)15-5-3-4-6-16(15)21-2/h7-11,15-16H,3-6H2,1-2H3. The highest BCUT2D eigenvalue weighted by molar-refractivity contribution is 7.99. The minimum absolute atomic E-state index is 0.480. The average Bonchev–Trinajstić information content (AvgIpc) is 3.04. The summed E-state index contributed by atoms with van der Waals surface area (Å²) >= 11 is 1.95. The highest BCUT2D eigenvalue weighted by Gasteiger charge is 2.26. The molecule has 0 radical (unpaired) electrons. The van der Waals surface area contributed by atoms with Gasteiger partial charge in [0.1, 0.15) is 11.4 Å². The van der Waals surface area contributed by atoms with Gasteiger partial charge in [0.15, 0.2) is 0 Å². The van der Waals surface area contributed by atoms with Gasteiger partial charge < -0.3 is 4.74 Å². The third-order valence-electron chi connectivity index (χ3n) is 4.21. The van der Waals surface area contributed by atoms with Crippen LogP contribution in [0.1, 0.15) is 31.7 Å². The molecule has 4 nitrogen and oxygen atoms in total. The van der Waals surface area contributed by atoms with Crippen molar-refractivity contribution < 1.29 is 4.74 Å². The number of nitrogens with zero attached hydrogens (tertiary/aromatic N) is 3. The quantitative estimate of drug-likeness (QED) is 0.861. The number of aromatic nitrogens is 3. The van der Waals surface area contributed by atoms with E-state index in [-0.39, 0.29) is 0 Å². The molecule has 2 unspecified atom stereocenters. The van der Waals surface area contributed by atoms with Crippen LogP contribution in [0.5, 0.6) is 5.75 Å². The Bertz CT molecular complexity index is 581. The van der Waals surface area contributed by atoms with Gasteiger partial charge in [-0.1, -0.05) is 18.1 Å². The van der Waals surface area contributed by atoms with Crippen LogP contribution in [0.2, 0.25) is 0 Å². The molecule has 1 aromatic carbocycles. The molecule has 2 aromatic rings.